The van der Waals surface area contributed by atoms with E-state index in [9.17, 15) is 19.7 Å². The first-order chi connectivity index (χ1) is 14.8. The van der Waals surface area contributed by atoms with Gasteiger partial charge in [-0.2, -0.15) is 0 Å². The van der Waals surface area contributed by atoms with Gasteiger partial charge in [0.1, 0.15) is 0 Å². The molecule has 0 N–H and O–H groups in total. The summed E-state index contributed by atoms with van der Waals surface area (Å²) in [6.45, 7) is 2.84. The van der Waals surface area contributed by atoms with E-state index in [-0.39, 0.29) is 17.0 Å². The molecule has 0 radical (unpaired) electrons. The molecule has 3 aromatic carbocycles. The summed E-state index contributed by atoms with van der Waals surface area (Å²) >= 11 is 1.55. The van der Waals surface area contributed by atoms with Crippen LogP contribution in [0, 0.1) is 17.0 Å². The number of hydrogen-bond acceptors (Lipinski definition) is 7. The molecule has 0 aliphatic heterocycles. The second kappa shape index (κ2) is 9.82. The zero-order chi connectivity index (χ0) is 22.4. The maximum Gasteiger partial charge on any atom is 0.332 e. The topological polar surface area (TPSA) is 98.9 Å². The van der Waals surface area contributed by atoms with Gasteiger partial charge in [0, 0.05) is 40.0 Å². The zero-order valence-electron chi connectivity index (χ0n) is 16.8. The fraction of sp³-hybridized carbons (Fsp3) is 0.0870. The zero-order valence-corrected chi connectivity index (χ0v) is 17.6. The molecular formula is C23H18N2O5S. The van der Waals surface area contributed by atoms with Gasteiger partial charge in [-0.3, -0.25) is 14.9 Å². The molecule has 0 amide bonds. The molecule has 0 heterocycles. The molecule has 3 aromatic rings. The van der Waals surface area contributed by atoms with Gasteiger partial charge in [-0.05, 0) is 48.9 Å². The van der Waals surface area contributed by atoms with E-state index in [1.807, 2.05) is 30.3 Å². The van der Waals surface area contributed by atoms with Crippen LogP contribution in [0.15, 0.2) is 87.7 Å². The van der Waals surface area contributed by atoms with Crippen LogP contribution in [0.5, 0.6) is 0 Å². The van der Waals surface area contributed by atoms with Crippen LogP contribution in [0.25, 0.3) is 0 Å². The van der Waals surface area contributed by atoms with Crippen LogP contribution in [0.4, 0.5) is 5.69 Å². The normalized spacial score (nSPS) is 11.1. The first-order valence-corrected chi connectivity index (χ1v) is 10.1. The van der Waals surface area contributed by atoms with E-state index in [1.54, 1.807) is 43.0 Å². The molecule has 0 aliphatic rings. The van der Waals surface area contributed by atoms with Crippen molar-refractivity contribution in [2.75, 3.05) is 0 Å². The third kappa shape index (κ3) is 5.64. The highest BCUT2D eigenvalue weighted by Crippen LogP contribution is 2.28. The van der Waals surface area contributed by atoms with Gasteiger partial charge in [0.05, 0.1) is 4.92 Å². The van der Waals surface area contributed by atoms with E-state index in [4.69, 9.17) is 4.84 Å². The maximum absolute atomic E-state index is 13.2. The highest BCUT2D eigenvalue weighted by Gasteiger charge is 2.22. The summed E-state index contributed by atoms with van der Waals surface area (Å²) in [5.41, 5.74) is 0.747. The van der Waals surface area contributed by atoms with Gasteiger partial charge >= 0.3 is 5.97 Å². The standard InChI is InChI=1S/C23H18N2O5S/c1-15-8-11-18(25(28)29)14-21(15)22(24-30-16(2)26)23(27)17-9-12-20(13-10-17)31-19-6-4-3-5-7-19/h3-14H,1-2H3/b24-22-. The van der Waals surface area contributed by atoms with Gasteiger partial charge in [-0.25, -0.2) is 4.79 Å². The highest BCUT2D eigenvalue weighted by molar-refractivity contribution is 7.99. The molecule has 0 spiro atoms. The van der Waals surface area contributed by atoms with Crippen molar-refractivity contribution in [3.8, 4) is 0 Å². The minimum absolute atomic E-state index is 0.181. The van der Waals surface area contributed by atoms with Crippen LogP contribution in [0.1, 0.15) is 28.4 Å². The number of nitro benzene ring substituents is 1. The molecule has 3 rings (SSSR count). The number of aryl methyl sites for hydroxylation is 1. The van der Waals surface area contributed by atoms with Crippen LogP contribution in [-0.4, -0.2) is 22.4 Å². The number of benzene rings is 3. The number of carbonyl (C=O) groups is 2. The van der Waals surface area contributed by atoms with Gasteiger partial charge in [0.2, 0.25) is 5.78 Å². The molecule has 0 fully saturated rings. The number of nitrogens with zero attached hydrogens (tertiary/aromatic N) is 2. The average Bonchev–Trinajstić information content (AvgIpc) is 2.75. The second-order valence-electron chi connectivity index (χ2n) is 6.55. The number of nitro groups is 1. The Labute approximate surface area is 182 Å². The van der Waals surface area contributed by atoms with Crippen LogP contribution in [0.2, 0.25) is 0 Å². The van der Waals surface area contributed by atoms with Gasteiger partial charge in [0.15, 0.2) is 5.71 Å². The Balaban J connectivity index is 1.94. The van der Waals surface area contributed by atoms with Crippen molar-refractivity contribution in [3.63, 3.8) is 0 Å². The molecule has 0 bridgehead atoms. The van der Waals surface area contributed by atoms with E-state index in [1.165, 1.54) is 18.2 Å². The summed E-state index contributed by atoms with van der Waals surface area (Å²) in [7, 11) is 0. The second-order valence-corrected chi connectivity index (χ2v) is 7.69. The number of carbonyl (C=O) groups excluding carboxylic acids is 2. The Bertz CT molecular complexity index is 1160. The Hall–Kier alpha value is -3.78. The summed E-state index contributed by atoms with van der Waals surface area (Å²) in [6, 6.07) is 20.8. The lowest BCUT2D eigenvalue weighted by Crippen LogP contribution is -2.18. The van der Waals surface area contributed by atoms with Crippen LogP contribution >= 0.6 is 11.8 Å². The summed E-state index contributed by atoms with van der Waals surface area (Å²) in [5.74, 6) is -1.22. The monoisotopic (exact) mass is 434 g/mol. The molecule has 31 heavy (non-hydrogen) atoms. The lowest BCUT2D eigenvalue weighted by molar-refractivity contribution is -0.384. The van der Waals surface area contributed by atoms with Crippen LogP contribution < -0.4 is 0 Å². The smallest absolute Gasteiger partial charge is 0.318 e. The molecule has 0 saturated carbocycles. The van der Waals surface area contributed by atoms with E-state index >= 15 is 0 Å². The molecule has 0 aliphatic carbocycles. The summed E-state index contributed by atoms with van der Waals surface area (Å²) in [4.78, 5) is 41.8. The Morgan fingerprint density at radius 3 is 2.23 bits per heavy atom. The van der Waals surface area contributed by atoms with E-state index < -0.39 is 16.7 Å². The molecule has 0 atom stereocenters. The number of hydrogen-bond donors (Lipinski definition) is 0. The summed E-state index contributed by atoms with van der Waals surface area (Å²) in [5, 5.41) is 14.9. The van der Waals surface area contributed by atoms with Crippen LogP contribution in [-0.2, 0) is 9.63 Å². The van der Waals surface area contributed by atoms with Crippen molar-refractivity contribution in [1.29, 1.82) is 0 Å². The predicted molar refractivity (Wildman–Crippen MR) is 117 cm³/mol. The number of ketones is 1. The SMILES string of the molecule is CC(=O)O/N=C(\C(=O)c1ccc(Sc2ccccc2)cc1)c1cc([N+](=O)[O-])ccc1C. The van der Waals surface area contributed by atoms with Crippen molar-refractivity contribution >= 4 is 34.9 Å². The molecule has 8 heteroatoms. The number of rotatable bonds is 7. The number of non-ortho nitro benzene ring substituents is 1. The minimum atomic E-state index is -0.706. The van der Waals surface area contributed by atoms with Gasteiger partial charge < -0.3 is 4.84 Å². The molecule has 156 valence electrons. The van der Waals surface area contributed by atoms with Gasteiger partial charge in [-0.15, -0.1) is 0 Å². The summed E-state index contributed by atoms with van der Waals surface area (Å²) in [6.07, 6.45) is 0. The lowest BCUT2D eigenvalue weighted by atomic mass is 9.97. The van der Waals surface area contributed by atoms with Gasteiger partial charge in [-0.1, -0.05) is 41.2 Å². The average molecular weight is 434 g/mol. The summed E-state index contributed by atoms with van der Waals surface area (Å²) < 4.78 is 0. The molecular weight excluding hydrogens is 416 g/mol. The first-order valence-electron chi connectivity index (χ1n) is 9.24. The van der Waals surface area contributed by atoms with E-state index in [0.29, 0.717) is 11.1 Å². The minimum Gasteiger partial charge on any atom is -0.318 e. The van der Waals surface area contributed by atoms with E-state index in [0.717, 1.165) is 16.7 Å². The molecule has 7 nitrogen and oxygen atoms in total. The Kier molecular flexibility index (Phi) is 6.94. The molecule has 0 unspecified atom stereocenters. The quantitative estimate of drug-likeness (QED) is 0.167. The number of Topliss-reactive ketones (excluding diaryl/α,β-unsaturated/α-hetero) is 1. The predicted octanol–water partition coefficient (Wildman–Crippen LogP) is 5.20. The largest absolute Gasteiger partial charge is 0.332 e. The van der Waals surface area contributed by atoms with Crippen molar-refractivity contribution in [3.05, 3.63) is 99.6 Å². The van der Waals surface area contributed by atoms with Gasteiger partial charge in [0.25, 0.3) is 5.69 Å². The van der Waals surface area contributed by atoms with Crippen molar-refractivity contribution < 1.29 is 19.3 Å². The third-order valence-corrected chi connectivity index (χ3v) is 5.28. The Morgan fingerprint density at radius 1 is 0.968 bits per heavy atom. The van der Waals surface area contributed by atoms with Crippen molar-refractivity contribution in [2.45, 2.75) is 23.6 Å². The molecule has 0 aromatic heterocycles. The first kappa shape index (κ1) is 21.9. The highest BCUT2D eigenvalue weighted by atomic mass is 32.2. The fourth-order valence-electron chi connectivity index (χ4n) is 2.74. The Morgan fingerprint density at radius 2 is 1.61 bits per heavy atom. The van der Waals surface area contributed by atoms with E-state index in [2.05, 4.69) is 5.16 Å². The van der Waals surface area contributed by atoms with Crippen LogP contribution in [0.3, 0.4) is 0 Å². The van der Waals surface area contributed by atoms with Crippen molar-refractivity contribution in [1.82, 2.24) is 0 Å². The number of oxime groups is 1. The lowest BCUT2D eigenvalue weighted by Gasteiger charge is -2.09. The maximum atomic E-state index is 13.2. The van der Waals surface area contributed by atoms with Crippen molar-refractivity contribution in [2.24, 2.45) is 5.16 Å². The fourth-order valence-corrected chi connectivity index (χ4v) is 3.57. The molecule has 0 saturated heterocycles. The third-order valence-electron chi connectivity index (χ3n) is 4.26.